The summed E-state index contributed by atoms with van der Waals surface area (Å²) in [5, 5.41) is 13.0. The van der Waals surface area contributed by atoms with Crippen LogP contribution in [0.1, 0.15) is 27.3 Å². The Labute approximate surface area is 126 Å². The smallest absolute Gasteiger partial charge is 0.417 e. The first kappa shape index (κ1) is 15.6. The lowest BCUT2D eigenvalue weighted by atomic mass is 10.1. The molecular weight excluding hydrogens is 353 g/mol. The third kappa shape index (κ3) is 2.80. The second-order valence-electron chi connectivity index (χ2n) is 4.43. The predicted molar refractivity (Wildman–Crippen MR) is 72.7 cm³/mol. The van der Waals surface area contributed by atoms with Gasteiger partial charge in [-0.15, -0.1) is 0 Å². The first-order valence-electron chi connectivity index (χ1n) is 5.79. The Bertz CT molecular complexity index is 723. The molecular formula is C13H10BrF3N2O2. The summed E-state index contributed by atoms with van der Waals surface area (Å²) in [6.45, 7) is 3.41. The molecule has 0 saturated carbocycles. The van der Waals surface area contributed by atoms with Gasteiger partial charge in [0.15, 0.2) is 0 Å². The molecule has 0 unspecified atom stereocenters. The zero-order chi connectivity index (χ0) is 15.9. The molecule has 0 aliphatic carbocycles. The first-order valence-corrected chi connectivity index (χ1v) is 6.59. The number of aromatic nitrogens is 2. The van der Waals surface area contributed by atoms with Gasteiger partial charge in [-0.3, -0.25) is 0 Å². The quantitative estimate of drug-likeness (QED) is 0.879. The highest BCUT2D eigenvalue weighted by atomic mass is 79.9. The molecule has 0 bridgehead atoms. The Hall–Kier alpha value is -1.83. The van der Waals surface area contributed by atoms with E-state index in [4.69, 9.17) is 5.11 Å². The number of halogens is 4. The maximum absolute atomic E-state index is 13.0. The van der Waals surface area contributed by atoms with Crippen molar-refractivity contribution in [1.82, 2.24) is 9.78 Å². The molecule has 0 radical (unpaired) electrons. The van der Waals surface area contributed by atoms with Gasteiger partial charge < -0.3 is 5.11 Å². The summed E-state index contributed by atoms with van der Waals surface area (Å²) in [5.74, 6) is -1.62. The number of carboxylic acids is 1. The van der Waals surface area contributed by atoms with Crippen LogP contribution in [0.2, 0.25) is 0 Å². The fourth-order valence-corrected chi connectivity index (χ4v) is 2.21. The summed E-state index contributed by atoms with van der Waals surface area (Å²) in [6, 6.07) is 3.02. The van der Waals surface area contributed by atoms with Crippen molar-refractivity contribution < 1.29 is 23.1 Å². The van der Waals surface area contributed by atoms with Gasteiger partial charge in [0.2, 0.25) is 0 Å². The van der Waals surface area contributed by atoms with Crippen LogP contribution >= 0.6 is 15.9 Å². The van der Waals surface area contributed by atoms with Crippen molar-refractivity contribution in [2.45, 2.75) is 20.0 Å². The van der Waals surface area contributed by atoms with Crippen molar-refractivity contribution in [3.63, 3.8) is 0 Å². The molecule has 2 aromatic rings. The van der Waals surface area contributed by atoms with Gasteiger partial charge in [0.25, 0.3) is 0 Å². The van der Waals surface area contributed by atoms with Crippen LogP contribution in [-0.2, 0) is 6.18 Å². The number of aryl methyl sites for hydroxylation is 1. The molecule has 1 aromatic carbocycles. The number of alkyl halides is 3. The van der Waals surface area contributed by atoms with Gasteiger partial charge in [-0.1, -0.05) is 0 Å². The molecule has 1 N–H and O–H groups in total. The summed E-state index contributed by atoms with van der Waals surface area (Å²) in [4.78, 5) is 10.9. The van der Waals surface area contributed by atoms with Gasteiger partial charge in [0, 0.05) is 0 Å². The molecule has 4 nitrogen and oxygen atoms in total. The Kier molecular flexibility index (Phi) is 3.83. The minimum absolute atomic E-state index is 0.152. The summed E-state index contributed by atoms with van der Waals surface area (Å²) < 4.78 is 41.0. The maximum Gasteiger partial charge on any atom is 0.417 e. The Morgan fingerprint density at radius 2 is 1.95 bits per heavy atom. The number of hydrogen-bond acceptors (Lipinski definition) is 2. The van der Waals surface area contributed by atoms with Gasteiger partial charge in [0.05, 0.1) is 32.7 Å². The Morgan fingerprint density at radius 1 is 1.33 bits per heavy atom. The van der Waals surface area contributed by atoms with Crippen LogP contribution in [0, 0.1) is 13.8 Å². The van der Waals surface area contributed by atoms with E-state index in [1.165, 1.54) is 10.7 Å². The molecule has 0 fully saturated rings. The lowest BCUT2D eigenvalue weighted by Crippen LogP contribution is -2.14. The van der Waals surface area contributed by atoms with Gasteiger partial charge in [-0.25, -0.2) is 9.48 Å². The summed E-state index contributed by atoms with van der Waals surface area (Å²) in [7, 11) is 0. The number of carbonyl (C=O) groups is 1. The molecule has 112 valence electrons. The Morgan fingerprint density at radius 3 is 2.38 bits per heavy atom. The average molecular weight is 363 g/mol. The van der Waals surface area contributed by atoms with Gasteiger partial charge in [0.1, 0.15) is 0 Å². The monoisotopic (exact) mass is 362 g/mol. The van der Waals surface area contributed by atoms with Crippen molar-refractivity contribution in [3.8, 4) is 5.69 Å². The SMILES string of the molecule is Cc1nn(-c2ccc(C(=O)O)c(C(F)(F)F)c2)c(C)c1Br. The lowest BCUT2D eigenvalue weighted by molar-refractivity contribution is -0.138. The van der Waals surface area contributed by atoms with Gasteiger partial charge in [-0.2, -0.15) is 18.3 Å². The van der Waals surface area contributed by atoms with Crippen LogP contribution in [0.5, 0.6) is 0 Å². The molecule has 21 heavy (non-hydrogen) atoms. The van der Waals surface area contributed by atoms with Crippen molar-refractivity contribution in [2.75, 3.05) is 0 Å². The number of rotatable bonds is 2. The second kappa shape index (κ2) is 5.18. The van der Waals surface area contributed by atoms with E-state index in [1.807, 2.05) is 0 Å². The molecule has 1 aromatic heterocycles. The standard InChI is InChI=1S/C13H10BrF3N2O2/c1-6-11(14)7(2)19(18-6)8-3-4-9(12(20)21)10(5-8)13(15,16)17/h3-5H,1-2H3,(H,20,21). The third-order valence-electron chi connectivity index (χ3n) is 2.99. The van der Waals surface area contributed by atoms with Gasteiger partial charge in [-0.05, 0) is 48.0 Å². The molecule has 8 heteroatoms. The normalized spacial score (nSPS) is 11.7. The highest BCUT2D eigenvalue weighted by Crippen LogP contribution is 2.34. The van der Waals surface area contributed by atoms with E-state index in [0.29, 0.717) is 15.9 Å². The fraction of sp³-hybridized carbons (Fsp3) is 0.231. The van der Waals surface area contributed by atoms with Crippen LogP contribution in [0.4, 0.5) is 13.2 Å². The zero-order valence-electron chi connectivity index (χ0n) is 11.0. The van der Waals surface area contributed by atoms with E-state index >= 15 is 0 Å². The zero-order valence-corrected chi connectivity index (χ0v) is 12.6. The maximum atomic E-state index is 13.0. The summed E-state index contributed by atoms with van der Waals surface area (Å²) in [6.07, 6.45) is -4.75. The van der Waals surface area contributed by atoms with Gasteiger partial charge >= 0.3 is 12.1 Å². The van der Waals surface area contributed by atoms with E-state index in [2.05, 4.69) is 21.0 Å². The minimum Gasteiger partial charge on any atom is -0.478 e. The average Bonchev–Trinajstić information content (AvgIpc) is 2.65. The Balaban J connectivity index is 2.67. The highest BCUT2D eigenvalue weighted by molar-refractivity contribution is 9.10. The third-order valence-corrected chi connectivity index (χ3v) is 4.13. The molecule has 0 atom stereocenters. The minimum atomic E-state index is -4.75. The largest absolute Gasteiger partial charge is 0.478 e. The van der Waals surface area contributed by atoms with E-state index in [-0.39, 0.29) is 5.69 Å². The van der Waals surface area contributed by atoms with Crippen molar-refractivity contribution in [1.29, 1.82) is 0 Å². The predicted octanol–water partition coefficient (Wildman–Crippen LogP) is 3.97. The first-order chi connectivity index (χ1) is 9.62. The van der Waals surface area contributed by atoms with Crippen LogP contribution < -0.4 is 0 Å². The number of nitrogens with zero attached hydrogens (tertiary/aromatic N) is 2. The molecule has 1 heterocycles. The molecule has 0 aliphatic rings. The number of hydrogen-bond donors (Lipinski definition) is 1. The number of carboxylic acid groups (broad SMARTS) is 1. The number of benzene rings is 1. The van der Waals surface area contributed by atoms with Crippen molar-refractivity contribution in [3.05, 3.63) is 45.2 Å². The molecule has 0 aliphatic heterocycles. The van der Waals surface area contributed by atoms with E-state index < -0.39 is 23.3 Å². The highest BCUT2D eigenvalue weighted by Gasteiger charge is 2.35. The van der Waals surface area contributed by atoms with E-state index in [1.54, 1.807) is 13.8 Å². The lowest BCUT2D eigenvalue weighted by Gasteiger charge is -2.13. The van der Waals surface area contributed by atoms with E-state index in [9.17, 15) is 18.0 Å². The molecule has 0 amide bonds. The number of aromatic carboxylic acids is 1. The molecule has 2 rings (SSSR count). The van der Waals surface area contributed by atoms with E-state index in [0.717, 1.165) is 12.1 Å². The van der Waals surface area contributed by atoms with Crippen LogP contribution in [0.3, 0.4) is 0 Å². The van der Waals surface area contributed by atoms with Crippen LogP contribution in [-0.4, -0.2) is 20.9 Å². The summed E-state index contributed by atoms with van der Waals surface area (Å²) >= 11 is 3.29. The fourth-order valence-electron chi connectivity index (χ4n) is 1.96. The summed E-state index contributed by atoms with van der Waals surface area (Å²) in [5.41, 5.74) is -0.575. The second-order valence-corrected chi connectivity index (χ2v) is 5.22. The van der Waals surface area contributed by atoms with Crippen LogP contribution in [0.15, 0.2) is 22.7 Å². The topological polar surface area (TPSA) is 55.1 Å². The molecule has 0 spiro atoms. The van der Waals surface area contributed by atoms with Crippen molar-refractivity contribution in [2.24, 2.45) is 0 Å². The van der Waals surface area contributed by atoms with Crippen molar-refractivity contribution >= 4 is 21.9 Å². The molecule has 0 saturated heterocycles. The van der Waals surface area contributed by atoms with Crippen LogP contribution in [0.25, 0.3) is 5.69 Å².